The van der Waals surface area contributed by atoms with Crippen molar-refractivity contribution >= 4 is 12.0 Å². The van der Waals surface area contributed by atoms with Gasteiger partial charge >= 0.3 is 6.09 Å². The van der Waals surface area contributed by atoms with Crippen molar-refractivity contribution in [2.45, 2.75) is 31.5 Å². The second kappa shape index (κ2) is 6.37. The summed E-state index contributed by atoms with van der Waals surface area (Å²) in [7, 11) is 0. The fourth-order valence-corrected chi connectivity index (χ4v) is 2.80. The van der Waals surface area contributed by atoms with E-state index in [2.05, 4.69) is 15.6 Å². The van der Waals surface area contributed by atoms with Crippen LogP contribution in [0.5, 0.6) is 0 Å². The van der Waals surface area contributed by atoms with E-state index < -0.39 is 35.4 Å². The van der Waals surface area contributed by atoms with E-state index in [1.807, 2.05) is 0 Å². The van der Waals surface area contributed by atoms with E-state index in [0.29, 0.717) is 5.69 Å². The molecule has 2 amide bonds. The Morgan fingerprint density at radius 1 is 1.58 bits per heavy atom. The number of primary amides is 1. The third-order valence-corrected chi connectivity index (χ3v) is 4.57. The first-order chi connectivity index (χ1) is 12.2. The molecule has 0 radical (unpaired) electrons. The summed E-state index contributed by atoms with van der Waals surface area (Å²) < 4.78 is 21.0. The zero-order chi connectivity index (χ0) is 19.1. The highest BCUT2D eigenvalue weighted by molar-refractivity contribution is 5.88. The maximum atomic E-state index is 14.7. The van der Waals surface area contributed by atoms with E-state index >= 15 is 0 Å². The molecule has 1 aromatic heterocycles. The number of amides is 2. The van der Waals surface area contributed by atoms with Gasteiger partial charge in [0.2, 0.25) is 5.91 Å². The van der Waals surface area contributed by atoms with Crippen LogP contribution in [-0.4, -0.2) is 44.7 Å². The predicted octanol–water partition coefficient (Wildman–Crippen LogP) is 0.311. The second-order valence-electron chi connectivity index (χ2n) is 6.27. The first-order valence-electron chi connectivity index (χ1n) is 7.88. The van der Waals surface area contributed by atoms with E-state index in [9.17, 15) is 19.1 Å². The van der Waals surface area contributed by atoms with Crippen LogP contribution in [0.2, 0.25) is 0 Å². The summed E-state index contributed by atoms with van der Waals surface area (Å²) in [6, 6.07) is 4.07. The van der Waals surface area contributed by atoms with Gasteiger partial charge in [0.25, 0.3) is 0 Å². The van der Waals surface area contributed by atoms with Gasteiger partial charge < -0.3 is 20.9 Å². The van der Waals surface area contributed by atoms with Crippen LogP contribution in [0.15, 0.2) is 24.4 Å². The van der Waals surface area contributed by atoms with Crippen molar-refractivity contribution in [1.82, 2.24) is 20.3 Å². The van der Waals surface area contributed by atoms with Gasteiger partial charge in [-0.2, -0.15) is 0 Å². The quantitative estimate of drug-likeness (QED) is 0.700. The highest BCUT2D eigenvalue weighted by atomic mass is 19.1. The summed E-state index contributed by atoms with van der Waals surface area (Å²) in [5.74, 6) is -1.42. The summed E-state index contributed by atoms with van der Waals surface area (Å²) >= 11 is 0. The van der Waals surface area contributed by atoms with Gasteiger partial charge in [-0.05, 0) is 31.5 Å². The zero-order valence-electron chi connectivity index (χ0n) is 14.1. The molecule has 1 saturated heterocycles. The van der Waals surface area contributed by atoms with Gasteiger partial charge in [-0.3, -0.25) is 4.79 Å². The molecule has 1 aliphatic rings. The van der Waals surface area contributed by atoms with Gasteiger partial charge in [0.15, 0.2) is 0 Å². The molecule has 3 atom stereocenters. The van der Waals surface area contributed by atoms with Crippen LogP contribution in [0.25, 0.3) is 5.69 Å². The van der Waals surface area contributed by atoms with Gasteiger partial charge in [0, 0.05) is 0 Å². The number of aromatic nitrogens is 3. The van der Waals surface area contributed by atoms with E-state index in [-0.39, 0.29) is 17.8 Å². The smallest absolute Gasteiger partial charge is 0.407 e. The summed E-state index contributed by atoms with van der Waals surface area (Å²) in [6.45, 7) is 3.10. The second-order valence-corrected chi connectivity index (χ2v) is 6.27. The number of nitrogens with two attached hydrogens (primary N) is 1. The normalized spacial score (nSPS) is 20.2. The fraction of sp³-hybridized carbons (Fsp3) is 0.375. The summed E-state index contributed by atoms with van der Waals surface area (Å²) in [4.78, 5) is 23.4. The fourth-order valence-electron chi connectivity index (χ4n) is 2.80. The van der Waals surface area contributed by atoms with Crippen LogP contribution in [0.1, 0.15) is 31.2 Å². The molecule has 0 aliphatic carbocycles. The van der Waals surface area contributed by atoms with Gasteiger partial charge in [-0.15, -0.1) is 5.10 Å². The molecular weight excluding hydrogens is 345 g/mol. The summed E-state index contributed by atoms with van der Waals surface area (Å²) in [5, 5.41) is 19.5. The molecule has 4 N–H and O–H groups in total. The lowest BCUT2D eigenvalue weighted by Gasteiger charge is -2.31. The average Bonchev–Trinajstić information content (AvgIpc) is 3.23. The minimum atomic E-state index is -1.41. The lowest BCUT2D eigenvalue weighted by atomic mass is 9.76. The molecule has 138 valence electrons. The first kappa shape index (κ1) is 17.8. The van der Waals surface area contributed by atoms with Crippen molar-refractivity contribution in [3.63, 3.8) is 0 Å². The number of cyclic esters (lactones) is 1. The summed E-state index contributed by atoms with van der Waals surface area (Å²) in [5.41, 5.74) is 4.76. The van der Waals surface area contributed by atoms with Crippen LogP contribution in [-0.2, 0) is 14.9 Å². The molecule has 0 saturated carbocycles. The number of benzene rings is 1. The number of nitrogens with zero attached hydrogens (tertiary/aromatic N) is 3. The standard InChI is InChI=1S/C16H18FN5O4/c1-8(23)11-7-22(21-20-11)12-4-3-9(5-10(12)17)16(2,14(18)24)13-6-19-15(25)26-13/h3-5,7-8,13,23H,6H2,1-2H3,(H2,18,24)(H,19,25). The number of nitrogens with one attached hydrogen (secondary N) is 1. The Morgan fingerprint density at radius 2 is 2.31 bits per heavy atom. The molecule has 1 aliphatic heterocycles. The number of carbonyl (C=O) groups is 2. The lowest BCUT2D eigenvalue weighted by Crippen LogP contribution is -2.49. The Labute approximate surface area is 147 Å². The molecule has 26 heavy (non-hydrogen) atoms. The Bertz CT molecular complexity index is 868. The molecule has 1 fully saturated rings. The number of ether oxygens (including phenoxy) is 1. The average molecular weight is 363 g/mol. The molecule has 3 unspecified atom stereocenters. The highest BCUT2D eigenvalue weighted by Crippen LogP contribution is 2.33. The van der Waals surface area contributed by atoms with Crippen LogP contribution in [0, 0.1) is 5.82 Å². The van der Waals surface area contributed by atoms with Crippen molar-refractivity contribution < 1.29 is 23.8 Å². The van der Waals surface area contributed by atoms with Gasteiger partial charge in [0.05, 0.1) is 18.8 Å². The predicted molar refractivity (Wildman–Crippen MR) is 86.8 cm³/mol. The Morgan fingerprint density at radius 3 is 2.81 bits per heavy atom. The SMILES string of the molecule is CC(O)c1cn(-c2ccc(C(C)(C(N)=O)C3CNC(=O)O3)cc2F)nn1. The van der Waals surface area contributed by atoms with Crippen LogP contribution in [0.3, 0.4) is 0 Å². The monoisotopic (exact) mass is 363 g/mol. The van der Waals surface area contributed by atoms with E-state index in [4.69, 9.17) is 10.5 Å². The molecular formula is C16H18FN5O4. The third kappa shape index (κ3) is 2.88. The molecule has 10 heteroatoms. The lowest BCUT2D eigenvalue weighted by molar-refractivity contribution is -0.126. The van der Waals surface area contributed by atoms with E-state index in [0.717, 1.165) is 6.07 Å². The topological polar surface area (TPSA) is 132 Å². The third-order valence-electron chi connectivity index (χ3n) is 4.57. The highest BCUT2D eigenvalue weighted by Gasteiger charge is 2.47. The first-order valence-corrected chi connectivity index (χ1v) is 7.88. The number of rotatable bonds is 5. The molecule has 2 aromatic rings. The van der Waals surface area contributed by atoms with Gasteiger partial charge in [-0.25, -0.2) is 13.9 Å². The number of aliphatic hydroxyl groups excluding tert-OH is 1. The summed E-state index contributed by atoms with van der Waals surface area (Å²) in [6.07, 6.45) is -0.953. The largest absolute Gasteiger partial charge is 0.443 e. The van der Waals surface area contributed by atoms with Crippen molar-refractivity contribution in [3.05, 3.63) is 41.5 Å². The Hall–Kier alpha value is -3.01. The van der Waals surface area contributed by atoms with Crippen molar-refractivity contribution in [3.8, 4) is 5.69 Å². The maximum absolute atomic E-state index is 14.7. The van der Waals surface area contributed by atoms with Crippen LogP contribution >= 0.6 is 0 Å². The minimum absolute atomic E-state index is 0.0847. The molecule has 0 spiro atoms. The van der Waals surface area contributed by atoms with Crippen molar-refractivity contribution in [2.24, 2.45) is 5.73 Å². The molecule has 0 bridgehead atoms. The zero-order valence-corrected chi connectivity index (χ0v) is 14.1. The number of hydrogen-bond acceptors (Lipinski definition) is 6. The van der Waals surface area contributed by atoms with E-state index in [1.165, 1.54) is 36.9 Å². The van der Waals surface area contributed by atoms with Crippen molar-refractivity contribution in [2.75, 3.05) is 6.54 Å². The van der Waals surface area contributed by atoms with Crippen molar-refractivity contribution in [1.29, 1.82) is 0 Å². The van der Waals surface area contributed by atoms with E-state index in [1.54, 1.807) is 0 Å². The molecule has 1 aromatic carbocycles. The molecule has 9 nitrogen and oxygen atoms in total. The maximum Gasteiger partial charge on any atom is 0.407 e. The minimum Gasteiger partial charge on any atom is -0.443 e. The number of hydrogen-bond donors (Lipinski definition) is 3. The number of alkyl carbamates (subject to hydrolysis) is 1. The molecule has 2 heterocycles. The number of aliphatic hydroxyl groups is 1. The number of carbonyl (C=O) groups excluding carboxylic acids is 2. The number of halogens is 1. The van der Waals surface area contributed by atoms with Crippen LogP contribution in [0.4, 0.5) is 9.18 Å². The van der Waals surface area contributed by atoms with Gasteiger partial charge in [0.1, 0.15) is 28.7 Å². The Kier molecular flexibility index (Phi) is 4.36. The van der Waals surface area contributed by atoms with Gasteiger partial charge in [-0.1, -0.05) is 11.3 Å². The Balaban J connectivity index is 1.99. The molecule has 3 rings (SSSR count). The van der Waals surface area contributed by atoms with Crippen LogP contribution < -0.4 is 11.1 Å².